The van der Waals surface area contributed by atoms with Crippen LogP contribution >= 0.6 is 11.3 Å². The molecule has 0 unspecified atom stereocenters. The Kier molecular flexibility index (Phi) is 4.94. The summed E-state index contributed by atoms with van der Waals surface area (Å²) in [4.78, 5) is 4.56. The van der Waals surface area contributed by atoms with Crippen molar-refractivity contribution < 1.29 is 17.9 Å². The van der Waals surface area contributed by atoms with Crippen molar-refractivity contribution in [2.45, 2.75) is 11.4 Å². The van der Waals surface area contributed by atoms with E-state index >= 15 is 0 Å². The van der Waals surface area contributed by atoms with E-state index in [0.717, 1.165) is 15.2 Å². The molecule has 2 aromatic carbocycles. The summed E-state index contributed by atoms with van der Waals surface area (Å²) in [6.45, 7) is 0.183. The Hall–Kier alpha value is -2.16. The van der Waals surface area contributed by atoms with Crippen LogP contribution in [0.1, 0.15) is 5.01 Å². The molecule has 6 nitrogen and oxygen atoms in total. The van der Waals surface area contributed by atoms with Crippen molar-refractivity contribution in [1.82, 2.24) is 9.29 Å². The molecule has 0 amide bonds. The van der Waals surface area contributed by atoms with Gasteiger partial charge >= 0.3 is 0 Å². The van der Waals surface area contributed by atoms with Gasteiger partial charge in [-0.15, -0.1) is 11.3 Å². The Morgan fingerprint density at radius 2 is 1.88 bits per heavy atom. The zero-order valence-corrected chi connectivity index (χ0v) is 15.7. The molecule has 0 aliphatic rings. The number of thiazole rings is 1. The molecule has 25 heavy (non-hydrogen) atoms. The van der Waals surface area contributed by atoms with Gasteiger partial charge in [-0.1, -0.05) is 12.1 Å². The van der Waals surface area contributed by atoms with Crippen LogP contribution in [0.4, 0.5) is 0 Å². The molecule has 0 saturated heterocycles. The highest BCUT2D eigenvalue weighted by molar-refractivity contribution is 7.89. The van der Waals surface area contributed by atoms with Gasteiger partial charge in [0, 0.05) is 13.1 Å². The van der Waals surface area contributed by atoms with Crippen LogP contribution in [0.2, 0.25) is 0 Å². The first-order valence-corrected chi connectivity index (χ1v) is 9.74. The predicted octanol–water partition coefficient (Wildman–Crippen LogP) is 3.13. The molecule has 0 radical (unpaired) electrons. The van der Waals surface area contributed by atoms with Crippen molar-refractivity contribution in [1.29, 1.82) is 0 Å². The zero-order valence-electron chi connectivity index (χ0n) is 14.1. The normalized spacial score (nSPS) is 11.8. The molecule has 1 heterocycles. The fourth-order valence-corrected chi connectivity index (χ4v) is 4.82. The number of sulfonamides is 1. The highest BCUT2D eigenvalue weighted by Gasteiger charge is 2.26. The molecule has 0 spiro atoms. The molecule has 132 valence electrons. The SMILES string of the molecule is COc1ccc(OC)c(S(=O)(=O)N(C)Cc2nc3ccccc3s2)c1. The standard InChI is InChI=1S/C17H18N2O4S2/c1-19(11-17-18-13-6-4-5-7-15(13)24-17)25(20,21)16-10-12(22-2)8-9-14(16)23-3/h4-10H,11H2,1-3H3. The molecule has 0 aliphatic heterocycles. The molecule has 0 bridgehead atoms. The van der Waals surface area contributed by atoms with Crippen LogP contribution in [0, 0.1) is 0 Å². The number of methoxy groups -OCH3 is 2. The Labute approximate surface area is 150 Å². The van der Waals surface area contributed by atoms with E-state index in [1.165, 1.54) is 43.0 Å². The van der Waals surface area contributed by atoms with Crippen LogP contribution in [0.3, 0.4) is 0 Å². The van der Waals surface area contributed by atoms with E-state index < -0.39 is 10.0 Å². The molecular formula is C17H18N2O4S2. The van der Waals surface area contributed by atoms with E-state index in [9.17, 15) is 8.42 Å². The Balaban J connectivity index is 1.93. The molecular weight excluding hydrogens is 360 g/mol. The average molecular weight is 378 g/mol. The van der Waals surface area contributed by atoms with Crippen LogP contribution < -0.4 is 9.47 Å². The third-order valence-electron chi connectivity index (χ3n) is 3.76. The van der Waals surface area contributed by atoms with Crippen molar-refractivity contribution in [2.24, 2.45) is 0 Å². The van der Waals surface area contributed by atoms with E-state index in [1.807, 2.05) is 24.3 Å². The van der Waals surface area contributed by atoms with Gasteiger partial charge in [0.15, 0.2) is 0 Å². The fraction of sp³-hybridized carbons (Fsp3) is 0.235. The third kappa shape index (κ3) is 3.46. The number of fused-ring (bicyclic) bond motifs is 1. The predicted molar refractivity (Wildman–Crippen MR) is 97.8 cm³/mol. The molecule has 3 aromatic rings. The monoisotopic (exact) mass is 378 g/mol. The molecule has 0 N–H and O–H groups in total. The second kappa shape index (κ2) is 6.99. The number of benzene rings is 2. The second-order valence-corrected chi connectivity index (χ2v) is 8.48. The lowest BCUT2D eigenvalue weighted by atomic mass is 10.3. The van der Waals surface area contributed by atoms with E-state index in [1.54, 1.807) is 12.1 Å². The van der Waals surface area contributed by atoms with Crippen LogP contribution in [0.5, 0.6) is 11.5 Å². The van der Waals surface area contributed by atoms with Gasteiger partial charge in [-0.05, 0) is 24.3 Å². The summed E-state index contributed by atoms with van der Waals surface area (Å²) in [5.41, 5.74) is 0.868. The third-order valence-corrected chi connectivity index (χ3v) is 6.60. The van der Waals surface area contributed by atoms with E-state index in [4.69, 9.17) is 9.47 Å². The summed E-state index contributed by atoms with van der Waals surface area (Å²) in [7, 11) is 0.701. The highest BCUT2D eigenvalue weighted by Crippen LogP contribution is 2.31. The minimum atomic E-state index is -3.75. The number of rotatable bonds is 6. The molecule has 1 aromatic heterocycles. The smallest absolute Gasteiger partial charge is 0.247 e. The van der Waals surface area contributed by atoms with Gasteiger partial charge < -0.3 is 9.47 Å². The minimum Gasteiger partial charge on any atom is -0.497 e. The average Bonchev–Trinajstić information content (AvgIpc) is 3.03. The fourth-order valence-electron chi connectivity index (χ4n) is 2.42. The number of hydrogen-bond acceptors (Lipinski definition) is 6. The van der Waals surface area contributed by atoms with Gasteiger partial charge in [0.1, 0.15) is 21.4 Å². The van der Waals surface area contributed by atoms with Crippen LogP contribution in [-0.4, -0.2) is 39.0 Å². The van der Waals surface area contributed by atoms with Crippen LogP contribution in [0.25, 0.3) is 10.2 Å². The summed E-state index contributed by atoms with van der Waals surface area (Å²) >= 11 is 1.48. The number of ether oxygens (including phenoxy) is 2. The Bertz CT molecular complexity index is 966. The molecule has 8 heteroatoms. The van der Waals surface area contributed by atoms with E-state index in [2.05, 4.69) is 4.98 Å². The van der Waals surface area contributed by atoms with E-state index in [0.29, 0.717) is 5.75 Å². The number of nitrogens with zero attached hydrogens (tertiary/aromatic N) is 2. The van der Waals surface area contributed by atoms with E-state index in [-0.39, 0.29) is 17.2 Å². The van der Waals surface area contributed by atoms with Crippen LogP contribution in [0.15, 0.2) is 47.4 Å². The maximum atomic E-state index is 13.0. The number of aromatic nitrogens is 1. The highest BCUT2D eigenvalue weighted by atomic mass is 32.2. The molecule has 0 atom stereocenters. The second-order valence-electron chi connectivity index (χ2n) is 5.35. The van der Waals surface area contributed by atoms with Gasteiger partial charge in [0.05, 0.1) is 31.0 Å². The van der Waals surface area contributed by atoms with Gasteiger partial charge in [-0.2, -0.15) is 4.31 Å². The van der Waals surface area contributed by atoms with Crippen molar-refractivity contribution in [3.05, 3.63) is 47.5 Å². The molecule has 0 saturated carbocycles. The Morgan fingerprint density at radius 3 is 2.56 bits per heavy atom. The van der Waals surface area contributed by atoms with Crippen molar-refractivity contribution in [3.8, 4) is 11.5 Å². The lowest BCUT2D eigenvalue weighted by Crippen LogP contribution is -2.26. The first-order chi connectivity index (χ1) is 12.0. The van der Waals surface area contributed by atoms with Gasteiger partial charge in [-0.3, -0.25) is 0 Å². The minimum absolute atomic E-state index is 0.0676. The van der Waals surface area contributed by atoms with Crippen molar-refractivity contribution in [2.75, 3.05) is 21.3 Å². The van der Waals surface area contributed by atoms with Crippen molar-refractivity contribution >= 4 is 31.6 Å². The van der Waals surface area contributed by atoms with Crippen LogP contribution in [-0.2, 0) is 16.6 Å². The topological polar surface area (TPSA) is 68.7 Å². The largest absolute Gasteiger partial charge is 0.497 e. The number of hydrogen-bond donors (Lipinski definition) is 0. The molecule has 3 rings (SSSR count). The maximum absolute atomic E-state index is 13.0. The molecule has 0 aliphatic carbocycles. The van der Waals surface area contributed by atoms with Gasteiger partial charge in [0.2, 0.25) is 10.0 Å². The first kappa shape index (κ1) is 17.7. The van der Waals surface area contributed by atoms with Gasteiger partial charge in [0.25, 0.3) is 0 Å². The number of para-hydroxylation sites is 1. The maximum Gasteiger partial charge on any atom is 0.247 e. The summed E-state index contributed by atoms with van der Waals surface area (Å²) in [6, 6.07) is 12.4. The summed E-state index contributed by atoms with van der Waals surface area (Å²) in [5, 5.41) is 0.731. The summed E-state index contributed by atoms with van der Waals surface area (Å²) in [5.74, 6) is 0.727. The lowest BCUT2D eigenvalue weighted by Gasteiger charge is -2.18. The quantitative estimate of drug-likeness (QED) is 0.659. The summed E-state index contributed by atoms with van der Waals surface area (Å²) < 4.78 is 38.6. The summed E-state index contributed by atoms with van der Waals surface area (Å²) in [6.07, 6.45) is 0. The first-order valence-electron chi connectivity index (χ1n) is 7.48. The van der Waals surface area contributed by atoms with Crippen molar-refractivity contribution in [3.63, 3.8) is 0 Å². The van der Waals surface area contributed by atoms with Gasteiger partial charge in [-0.25, -0.2) is 13.4 Å². The zero-order chi connectivity index (χ0) is 18.0. The Morgan fingerprint density at radius 1 is 1.12 bits per heavy atom. The molecule has 0 fully saturated rings. The lowest BCUT2D eigenvalue weighted by molar-refractivity contribution is 0.388.